The predicted molar refractivity (Wildman–Crippen MR) is 141 cm³/mol. The van der Waals surface area contributed by atoms with Crippen LogP contribution in [-0.2, 0) is 18.9 Å². The number of benzene rings is 1. The van der Waals surface area contributed by atoms with Crippen molar-refractivity contribution in [3.8, 4) is 5.75 Å². The second kappa shape index (κ2) is 8.63. The molecule has 1 aliphatic heterocycles. The van der Waals surface area contributed by atoms with Crippen LogP contribution in [-0.4, -0.2) is 104 Å². The fraction of sp³-hybridized carbons (Fsp3) is 0.767. The number of aliphatic hydroxyl groups is 3. The summed E-state index contributed by atoms with van der Waals surface area (Å²) < 4.78 is 29.2. The van der Waals surface area contributed by atoms with Gasteiger partial charge in [-0.1, -0.05) is 0 Å². The van der Waals surface area contributed by atoms with Crippen molar-refractivity contribution in [2.45, 2.75) is 73.3 Å². The Labute approximate surface area is 234 Å². The Bertz CT molecular complexity index is 1200. The van der Waals surface area contributed by atoms with Gasteiger partial charge in [0.15, 0.2) is 0 Å². The van der Waals surface area contributed by atoms with E-state index >= 15 is 0 Å². The van der Waals surface area contributed by atoms with Crippen molar-refractivity contribution in [3.63, 3.8) is 0 Å². The first-order valence-electron chi connectivity index (χ1n) is 14.4. The molecule has 7 bridgehead atoms. The van der Waals surface area contributed by atoms with Gasteiger partial charge in [0.2, 0.25) is 0 Å². The van der Waals surface area contributed by atoms with Gasteiger partial charge in [0.25, 0.3) is 0 Å². The molecule has 0 radical (unpaired) electrons. The summed E-state index contributed by atoms with van der Waals surface area (Å²) in [7, 11) is 6.43. The lowest BCUT2D eigenvalue weighted by molar-refractivity contribution is -0.302. The van der Waals surface area contributed by atoms with Gasteiger partial charge in [-0.05, 0) is 55.9 Å². The van der Waals surface area contributed by atoms with Crippen LogP contribution in [0.3, 0.4) is 0 Å². The van der Waals surface area contributed by atoms with E-state index in [0.29, 0.717) is 30.9 Å². The lowest BCUT2D eigenvalue weighted by atomic mass is 9.42. The summed E-state index contributed by atoms with van der Waals surface area (Å²) in [5.74, 6) is -1.31. The largest absolute Gasteiger partial charge is 0.497 e. The monoisotopic (exact) mass is 559 g/mol. The van der Waals surface area contributed by atoms with Gasteiger partial charge >= 0.3 is 5.97 Å². The quantitative estimate of drug-likeness (QED) is 0.357. The van der Waals surface area contributed by atoms with Crippen LogP contribution in [0.5, 0.6) is 5.75 Å². The van der Waals surface area contributed by atoms with Crippen LogP contribution in [0.1, 0.15) is 42.5 Å². The number of esters is 1. The van der Waals surface area contributed by atoms with Crippen molar-refractivity contribution in [3.05, 3.63) is 29.8 Å². The summed E-state index contributed by atoms with van der Waals surface area (Å²) in [6.07, 6.45) is 0.182. The Morgan fingerprint density at radius 3 is 2.33 bits per heavy atom. The molecule has 0 aromatic heterocycles. The third-order valence-corrected chi connectivity index (χ3v) is 12.4. The van der Waals surface area contributed by atoms with E-state index in [1.165, 1.54) is 7.11 Å². The van der Waals surface area contributed by atoms with Crippen molar-refractivity contribution in [2.75, 3.05) is 41.6 Å². The maximum Gasteiger partial charge on any atom is 0.338 e. The van der Waals surface area contributed by atoms with Gasteiger partial charge in [-0.2, -0.15) is 0 Å². The Morgan fingerprint density at radius 1 is 0.950 bits per heavy atom. The van der Waals surface area contributed by atoms with Gasteiger partial charge in [-0.3, -0.25) is 0 Å². The molecular weight excluding hydrogens is 518 g/mol. The normalized spacial score (nSPS) is 51.4. The zero-order valence-corrected chi connectivity index (χ0v) is 23.6. The minimum Gasteiger partial charge on any atom is -0.497 e. The molecule has 1 spiro atoms. The first kappa shape index (κ1) is 27.1. The molecule has 7 rings (SSSR count). The van der Waals surface area contributed by atoms with Gasteiger partial charge in [0.05, 0.1) is 42.7 Å². The molecule has 1 saturated heterocycles. The molecule has 6 aliphatic rings. The van der Waals surface area contributed by atoms with E-state index in [4.69, 9.17) is 23.7 Å². The molecule has 40 heavy (non-hydrogen) atoms. The van der Waals surface area contributed by atoms with Crippen LogP contribution in [0.4, 0.5) is 0 Å². The van der Waals surface area contributed by atoms with Crippen molar-refractivity contribution < 1.29 is 43.8 Å². The van der Waals surface area contributed by atoms with Crippen molar-refractivity contribution in [1.29, 1.82) is 0 Å². The lowest BCUT2D eigenvalue weighted by Gasteiger charge is -2.69. The smallest absolute Gasteiger partial charge is 0.338 e. The van der Waals surface area contributed by atoms with Gasteiger partial charge in [-0.25, -0.2) is 4.79 Å². The second-order valence-electron chi connectivity index (χ2n) is 13.2. The van der Waals surface area contributed by atoms with Crippen LogP contribution in [0.25, 0.3) is 0 Å². The molecule has 0 unspecified atom stereocenters. The first-order chi connectivity index (χ1) is 19.1. The van der Waals surface area contributed by atoms with Gasteiger partial charge < -0.3 is 44.3 Å². The van der Waals surface area contributed by atoms with E-state index in [1.807, 2.05) is 0 Å². The molecule has 0 amide bonds. The standard InChI is InChI=1S/C30H41NO9/c1-36-15-26-10-9-20(38-3)30-18-11-28(34)21(39-4)13-27(33,19(12-29(26,30)35)23(30)31-14-26)22(18)24(28)40-25(32)16-5-7-17(37-2)8-6-16/h5-8,18-24,31,33-35H,9-15H2,1-4H3/t18-,19+,20+,21+,22-,23-,24-,26+,27+,28-,29+,30-/m1/s1. The lowest BCUT2D eigenvalue weighted by Crippen LogP contribution is -2.81. The van der Waals surface area contributed by atoms with E-state index in [-0.39, 0.29) is 36.8 Å². The number of hydrogen-bond donors (Lipinski definition) is 4. The van der Waals surface area contributed by atoms with Crippen molar-refractivity contribution in [1.82, 2.24) is 5.32 Å². The second-order valence-corrected chi connectivity index (χ2v) is 13.2. The maximum absolute atomic E-state index is 13.5. The van der Waals surface area contributed by atoms with Crippen LogP contribution in [0.15, 0.2) is 24.3 Å². The summed E-state index contributed by atoms with van der Waals surface area (Å²) in [5.41, 5.74) is -5.12. The number of carbonyl (C=O) groups excluding carboxylic acids is 1. The number of nitrogens with one attached hydrogen (secondary N) is 1. The van der Waals surface area contributed by atoms with Crippen LogP contribution < -0.4 is 10.1 Å². The van der Waals surface area contributed by atoms with E-state index in [1.54, 1.807) is 45.6 Å². The zero-order valence-electron chi connectivity index (χ0n) is 23.6. The highest BCUT2D eigenvalue weighted by Gasteiger charge is 2.89. The molecule has 6 fully saturated rings. The molecule has 4 N–H and O–H groups in total. The minimum atomic E-state index is -1.54. The van der Waals surface area contributed by atoms with E-state index in [2.05, 4.69) is 5.32 Å². The maximum atomic E-state index is 13.5. The number of hydrogen-bond acceptors (Lipinski definition) is 10. The minimum absolute atomic E-state index is 0.196. The highest BCUT2D eigenvalue weighted by Crippen LogP contribution is 2.79. The number of methoxy groups -OCH3 is 4. The Hall–Kier alpha value is -1.79. The molecule has 10 nitrogen and oxygen atoms in total. The van der Waals surface area contributed by atoms with E-state index in [0.717, 1.165) is 12.8 Å². The van der Waals surface area contributed by atoms with E-state index < -0.39 is 51.7 Å². The predicted octanol–water partition coefficient (Wildman–Crippen LogP) is 0.902. The number of ether oxygens (including phenoxy) is 5. The highest BCUT2D eigenvalue weighted by atomic mass is 16.6. The van der Waals surface area contributed by atoms with E-state index in [9.17, 15) is 20.1 Å². The molecule has 1 aromatic rings. The average molecular weight is 560 g/mol. The number of carbonyl (C=O) groups is 1. The summed E-state index contributed by atoms with van der Waals surface area (Å²) in [5, 5.41) is 41.9. The van der Waals surface area contributed by atoms with Crippen LogP contribution in [0, 0.1) is 28.6 Å². The fourth-order valence-electron chi connectivity index (χ4n) is 11.0. The average Bonchev–Trinajstić information content (AvgIpc) is 3.29. The number of rotatable bonds is 7. The fourth-order valence-corrected chi connectivity index (χ4v) is 11.0. The van der Waals surface area contributed by atoms with Crippen molar-refractivity contribution in [2.24, 2.45) is 28.6 Å². The molecule has 10 heteroatoms. The summed E-state index contributed by atoms with van der Waals surface area (Å²) >= 11 is 0. The Kier molecular flexibility index (Phi) is 5.84. The summed E-state index contributed by atoms with van der Waals surface area (Å²) in [6, 6.07) is 6.39. The molecular formula is C30H41NO9. The van der Waals surface area contributed by atoms with Crippen molar-refractivity contribution >= 4 is 5.97 Å². The SMILES string of the molecule is COC[C@@]12CC[C@H](OC)[C@@]34[C@@H]5C[C@@]6(O)[C@@H](OC)C[C@@](O)([C@H]5[C@H]6OC(=O)c5ccc(OC)cc5)[C@@H](C[C@]13O)[C@H]4NC2. The third kappa shape index (κ3) is 2.86. The first-order valence-corrected chi connectivity index (χ1v) is 14.4. The number of piperidine rings is 1. The summed E-state index contributed by atoms with van der Waals surface area (Å²) in [4.78, 5) is 13.5. The molecule has 12 atom stereocenters. The molecule has 5 saturated carbocycles. The van der Waals surface area contributed by atoms with Crippen LogP contribution in [0.2, 0.25) is 0 Å². The molecule has 220 valence electrons. The molecule has 1 heterocycles. The molecule has 5 aliphatic carbocycles. The van der Waals surface area contributed by atoms with Gasteiger partial charge in [0, 0.05) is 63.0 Å². The third-order valence-electron chi connectivity index (χ3n) is 12.4. The van der Waals surface area contributed by atoms with Gasteiger partial charge in [0.1, 0.15) is 17.5 Å². The van der Waals surface area contributed by atoms with Crippen LogP contribution >= 0.6 is 0 Å². The topological polar surface area (TPSA) is 136 Å². The Balaban J connectivity index is 1.37. The Morgan fingerprint density at radius 2 is 1.68 bits per heavy atom. The molecule has 1 aromatic carbocycles. The van der Waals surface area contributed by atoms with Gasteiger partial charge in [-0.15, -0.1) is 0 Å². The zero-order chi connectivity index (χ0) is 28.3. The highest BCUT2D eigenvalue weighted by molar-refractivity contribution is 5.89. The summed E-state index contributed by atoms with van der Waals surface area (Å²) in [6.45, 7) is 0.961. The number of fused-ring (bicyclic) bond motifs is 2.